The average Bonchev–Trinajstić information content (AvgIpc) is 2.88. The van der Waals surface area contributed by atoms with Crippen molar-refractivity contribution in [2.24, 2.45) is 0 Å². The lowest BCUT2D eigenvalue weighted by atomic mass is 10.3. The summed E-state index contributed by atoms with van der Waals surface area (Å²) in [6, 6.07) is 5.75. The van der Waals surface area contributed by atoms with Crippen LogP contribution in [0.1, 0.15) is 31.4 Å². The summed E-state index contributed by atoms with van der Waals surface area (Å²) in [5.74, 6) is 0. The minimum Gasteiger partial charge on any atom is -0.380 e. The van der Waals surface area contributed by atoms with Crippen molar-refractivity contribution in [2.45, 2.75) is 31.8 Å². The van der Waals surface area contributed by atoms with Crippen molar-refractivity contribution in [3.8, 4) is 6.07 Å². The number of ether oxygens (including phenoxy) is 1. The third-order valence-corrected chi connectivity index (χ3v) is 2.99. The largest absolute Gasteiger partial charge is 0.380 e. The van der Waals surface area contributed by atoms with Gasteiger partial charge >= 0.3 is 0 Å². The highest BCUT2D eigenvalue weighted by atomic mass is 16.5. The Morgan fingerprint density at radius 3 is 3.06 bits per heavy atom. The first-order valence-electron chi connectivity index (χ1n) is 6.11. The Balaban J connectivity index is 1.72. The molecule has 1 N–H and O–H groups in total. The lowest BCUT2D eigenvalue weighted by Gasteiger charge is -2.12. The van der Waals surface area contributed by atoms with Gasteiger partial charge in [0, 0.05) is 12.7 Å². The standard InChI is InChI=1S/C13H17N3O/c14-10-13-12(6-3-7-15-13)16-8-9-17-11-4-1-2-5-11/h3,6-7,11,16H,1-2,4-5,8-9H2. The number of rotatable bonds is 5. The molecule has 0 atom stereocenters. The Hall–Kier alpha value is -1.60. The molecule has 0 spiro atoms. The van der Waals surface area contributed by atoms with Gasteiger partial charge in [0.1, 0.15) is 6.07 Å². The molecule has 17 heavy (non-hydrogen) atoms. The van der Waals surface area contributed by atoms with E-state index in [4.69, 9.17) is 10.00 Å². The first kappa shape index (κ1) is 11.9. The van der Waals surface area contributed by atoms with Crippen LogP contribution in [0.4, 0.5) is 5.69 Å². The van der Waals surface area contributed by atoms with E-state index in [1.165, 1.54) is 25.7 Å². The van der Waals surface area contributed by atoms with Gasteiger partial charge in [-0.05, 0) is 25.0 Å². The lowest BCUT2D eigenvalue weighted by Crippen LogP contribution is -2.15. The summed E-state index contributed by atoms with van der Waals surface area (Å²) < 4.78 is 5.73. The van der Waals surface area contributed by atoms with Gasteiger partial charge in [-0.3, -0.25) is 0 Å². The predicted octanol–water partition coefficient (Wildman–Crippen LogP) is 2.32. The fraction of sp³-hybridized carbons (Fsp3) is 0.538. The number of hydrogen-bond donors (Lipinski definition) is 1. The number of nitrogens with one attached hydrogen (secondary N) is 1. The maximum absolute atomic E-state index is 8.86. The molecule has 0 saturated heterocycles. The maximum atomic E-state index is 8.86. The molecule has 1 aromatic rings. The molecule has 4 nitrogen and oxygen atoms in total. The molecule has 90 valence electrons. The van der Waals surface area contributed by atoms with E-state index in [2.05, 4.69) is 16.4 Å². The van der Waals surface area contributed by atoms with Gasteiger partial charge < -0.3 is 10.1 Å². The van der Waals surface area contributed by atoms with Crippen molar-refractivity contribution in [3.05, 3.63) is 24.0 Å². The van der Waals surface area contributed by atoms with E-state index in [0.29, 0.717) is 18.4 Å². The van der Waals surface area contributed by atoms with E-state index in [1.807, 2.05) is 12.1 Å². The molecule has 1 aromatic heterocycles. The Morgan fingerprint density at radius 1 is 1.47 bits per heavy atom. The molecule has 0 radical (unpaired) electrons. The zero-order valence-corrected chi connectivity index (χ0v) is 9.85. The van der Waals surface area contributed by atoms with Gasteiger partial charge in [-0.1, -0.05) is 12.8 Å². The predicted molar refractivity (Wildman–Crippen MR) is 65.6 cm³/mol. The lowest BCUT2D eigenvalue weighted by molar-refractivity contribution is 0.0659. The van der Waals surface area contributed by atoms with Crippen LogP contribution in [-0.2, 0) is 4.74 Å². The van der Waals surface area contributed by atoms with Crippen LogP contribution in [0, 0.1) is 11.3 Å². The molecule has 0 aromatic carbocycles. The highest BCUT2D eigenvalue weighted by Gasteiger charge is 2.14. The van der Waals surface area contributed by atoms with Crippen LogP contribution in [0.5, 0.6) is 0 Å². The van der Waals surface area contributed by atoms with E-state index in [-0.39, 0.29) is 0 Å². The summed E-state index contributed by atoms with van der Waals surface area (Å²) >= 11 is 0. The summed E-state index contributed by atoms with van der Waals surface area (Å²) in [6.07, 6.45) is 7.03. The van der Waals surface area contributed by atoms with E-state index < -0.39 is 0 Å². The van der Waals surface area contributed by atoms with Gasteiger partial charge in [0.2, 0.25) is 0 Å². The van der Waals surface area contributed by atoms with E-state index in [1.54, 1.807) is 6.20 Å². The smallest absolute Gasteiger partial charge is 0.163 e. The molecule has 4 heteroatoms. The fourth-order valence-corrected chi connectivity index (χ4v) is 2.10. The molecule has 1 aliphatic carbocycles. The summed E-state index contributed by atoms with van der Waals surface area (Å²) in [7, 11) is 0. The highest BCUT2D eigenvalue weighted by Crippen LogP contribution is 2.20. The molecule has 1 heterocycles. The first-order valence-corrected chi connectivity index (χ1v) is 6.11. The van der Waals surface area contributed by atoms with Gasteiger partial charge in [-0.25, -0.2) is 4.98 Å². The molecule has 0 amide bonds. The molecule has 1 saturated carbocycles. The zero-order valence-electron chi connectivity index (χ0n) is 9.85. The van der Waals surface area contributed by atoms with E-state index in [0.717, 1.165) is 12.2 Å². The van der Waals surface area contributed by atoms with Gasteiger partial charge in [0.25, 0.3) is 0 Å². The molecule has 0 unspecified atom stereocenters. The Labute approximate surface area is 102 Å². The van der Waals surface area contributed by atoms with Crippen molar-refractivity contribution >= 4 is 5.69 Å². The average molecular weight is 231 g/mol. The molecule has 2 rings (SSSR count). The van der Waals surface area contributed by atoms with Crippen LogP contribution in [0.25, 0.3) is 0 Å². The fourth-order valence-electron chi connectivity index (χ4n) is 2.10. The number of nitrogens with zero attached hydrogens (tertiary/aromatic N) is 2. The summed E-state index contributed by atoms with van der Waals surface area (Å²) in [6.45, 7) is 1.40. The number of hydrogen-bond acceptors (Lipinski definition) is 4. The molecular weight excluding hydrogens is 214 g/mol. The normalized spacial score (nSPS) is 15.7. The quantitative estimate of drug-likeness (QED) is 0.790. The van der Waals surface area contributed by atoms with Crippen molar-refractivity contribution in [2.75, 3.05) is 18.5 Å². The van der Waals surface area contributed by atoms with Crippen LogP contribution in [0.3, 0.4) is 0 Å². The zero-order chi connectivity index (χ0) is 11.9. The van der Waals surface area contributed by atoms with Crippen molar-refractivity contribution in [3.63, 3.8) is 0 Å². The van der Waals surface area contributed by atoms with Crippen molar-refractivity contribution in [1.82, 2.24) is 4.98 Å². The van der Waals surface area contributed by atoms with Gasteiger partial charge in [-0.2, -0.15) is 5.26 Å². The van der Waals surface area contributed by atoms with Crippen LogP contribution < -0.4 is 5.32 Å². The second-order valence-electron chi connectivity index (χ2n) is 4.22. The second kappa shape index (κ2) is 6.21. The van der Waals surface area contributed by atoms with Crippen LogP contribution in [-0.4, -0.2) is 24.2 Å². The van der Waals surface area contributed by atoms with E-state index in [9.17, 15) is 0 Å². The summed E-state index contributed by atoms with van der Waals surface area (Å²) in [4.78, 5) is 3.99. The monoisotopic (exact) mass is 231 g/mol. The number of anilines is 1. The van der Waals surface area contributed by atoms with Gasteiger partial charge in [0.05, 0.1) is 18.4 Å². The van der Waals surface area contributed by atoms with E-state index >= 15 is 0 Å². The minimum atomic E-state index is 0.438. The third kappa shape index (κ3) is 3.43. The van der Waals surface area contributed by atoms with Crippen LogP contribution in [0.2, 0.25) is 0 Å². The molecule has 0 bridgehead atoms. The highest BCUT2D eigenvalue weighted by molar-refractivity contribution is 5.53. The molecule has 1 fully saturated rings. The molecule has 1 aliphatic rings. The minimum absolute atomic E-state index is 0.438. The number of nitriles is 1. The number of pyridine rings is 1. The Bertz CT molecular complexity index is 394. The Kier molecular flexibility index (Phi) is 4.34. The van der Waals surface area contributed by atoms with Crippen LogP contribution in [0.15, 0.2) is 18.3 Å². The SMILES string of the molecule is N#Cc1ncccc1NCCOC1CCCC1. The topological polar surface area (TPSA) is 57.9 Å². The Morgan fingerprint density at radius 2 is 2.29 bits per heavy atom. The van der Waals surface area contributed by atoms with Gasteiger partial charge in [0.15, 0.2) is 5.69 Å². The first-order chi connectivity index (χ1) is 8.40. The summed E-state index contributed by atoms with van der Waals surface area (Å²) in [5.41, 5.74) is 1.22. The number of aromatic nitrogens is 1. The van der Waals surface area contributed by atoms with Crippen molar-refractivity contribution in [1.29, 1.82) is 5.26 Å². The van der Waals surface area contributed by atoms with Crippen molar-refractivity contribution < 1.29 is 4.74 Å². The second-order valence-corrected chi connectivity index (χ2v) is 4.22. The molecular formula is C13H17N3O. The summed E-state index contributed by atoms with van der Waals surface area (Å²) in [5, 5.41) is 12.0. The van der Waals surface area contributed by atoms with Crippen LogP contribution >= 0.6 is 0 Å². The maximum Gasteiger partial charge on any atom is 0.163 e. The van der Waals surface area contributed by atoms with Gasteiger partial charge in [-0.15, -0.1) is 0 Å². The third-order valence-electron chi connectivity index (χ3n) is 2.99. The molecule has 0 aliphatic heterocycles.